The van der Waals surface area contributed by atoms with Crippen LogP contribution in [0, 0.1) is 27.7 Å². The minimum atomic E-state index is -0.0707. The van der Waals surface area contributed by atoms with E-state index in [2.05, 4.69) is 10.4 Å². The third kappa shape index (κ3) is 4.58. The number of nitrogens with zero attached hydrogens (tertiary/aromatic N) is 3. The van der Waals surface area contributed by atoms with Crippen molar-refractivity contribution >= 4 is 17.2 Å². The van der Waals surface area contributed by atoms with Crippen LogP contribution in [0.2, 0.25) is 0 Å². The van der Waals surface area contributed by atoms with Crippen molar-refractivity contribution in [1.29, 1.82) is 0 Å². The molecule has 1 N–H and O–H groups in total. The molecule has 7 nitrogen and oxygen atoms in total. The van der Waals surface area contributed by atoms with Crippen molar-refractivity contribution in [1.82, 2.24) is 19.7 Å². The third-order valence-corrected chi connectivity index (χ3v) is 5.44. The number of hydrogen-bond donors (Lipinski definition) is 1. The van der Waals surface area contributed by atoms with Crippen molar-refractivity contribution < 1.29 is 9.53 Å². The molecule has 138 valence electrons. The number of methoxy groups -OCH3 is 1. The SMILES string of the molecule is COCCn1nc(C)c(CNC(=O)CCn2c(C)c(C)sc2=O)c1C. The number of aromatic nitrogens is 3. The predicted molar refractivity (Wildman–Crippen MR) is 98.1 cm³/mol. The molecule has 0 spiro atoms. The highest BCUT2D eigenvalue weighted by molar-refractivity contribution is 7.09. The van der Waals surface area contributed by atoms with Gasteiger partial charge in [0.2, 0.25) is 5.91 Å². The second-order valence-corrected chi connectivity index (χ2v) is 7.22. The maximum absolute atomic E-state index is 12.2. The quantitative estimate of drug-likeness (QED) is 0.771. The van der Waals surface area contributed by atoms with Gasteiger partial charge < -0.3 is 14.6 Å². The molecule has 0 saturated carbocycles. The van der Waals surface area contributed by atoms with Crippen LogP contribution >= 0.6 is 11.3 Å². The minimum Gasteiger partial charge on any atom is -0.383 e. The molecule has 2 aromatic rings. The predicted octanol–water partition coefficient (Wildman–Crippen LogP) is 1.69. The Morgan fingerprint density at radius 3 is 2.52 bits per heavy atom. The molecule has 1 amide bonds. The Kier molecular flexibility index (Phi) is 6.55. The number of aryl methyl sites for hydroxylation is 2. The highest BCUT2D eigenvalue weighted by Gasteiger charge is 2.13. The van der Waals surface area contributed by atoms with E-state index in [1.165, 1.54) is 11.3 Å². The lowest BCUT2D eigenvalue weighted by molar-refractivity contribution is -0.121. The molecule has 8 heteroatoms. The standard InChI is InChI=1S/C17H26N4O3S/c1-11-15(13(3)21(19-11)8-9-24-5)10-18-16(22)6-7-20-12(2)14(4)25-17(20)23/h6-10H2,1-5H3,(H,18,22). The number of ether oxygens (including phenoxy) is 1. The zero-order chi connectivity index (χ0) is 18.6. The first kappa shape index (κ1) is 19.4. The molecule has 0 unspecified atom stereocenters. The monoisotopic (exact) mass is 366 g/mol. The number of amides is 1. The van der Waals surface area contributed by atoms with Gasteiger partial charge in [-0.05, 0) is 27.7 Å². The number of carbonyl (C=O) groups is 1. The van der Waals surface area contributed by atoms with E-state index in [1.807, 2.05) is 32.4 Å². The fraction of sp³-hybridized carbons (Fsp3) is 0.588. The van der Waals surface area contributed by atoms with E-state index in [4.69, 9.17) is 4.74 Å². The van der Waals surface area contributed by atoms with E-state index in [1.54, 1.807) is 11.7 Å². The van der Waals surface area contributed by atoms with Crippen molar-refractivity contribution in [2.45, 2.75) is 53.8 Å². The Bertz CT molecular complexity index is 804. The molecule has 0 bridgehead atoms. The molecule has 0 aliphatic carbocycles. The van der Waals surface area contributed by atoms with Gasteiger partial charge in [-0.3, -0.25) is 14.3 Å². The first-order valence-corrected chi connectivity index (χ1v) is 9.12. The van der Waals surface area contributed by atoms with Gasteiger partial charge in [0.15, 0.2) is 0 Å². The van der Waals surface area contributed by atoms with Crippen LogP contribution in [0.3, 0.4) is 0 Å². The Balaban J connectivity index is 1.92. The first-order chi connectivity index (χ1) is 11.8. The molecular weight excluding hydrogens is 340 g/mol. The molecule has 0 radical (unpaired) electrons. The van der Waals surface area contributed by atoms with Crippen molar-refractivity contribution in [3.63, 3.8) is 0 Å². The summed E-state index contributed by atoms with van der Waals surface area (Å²) < 4.78 is 8.65. The normalized spacial score (nSPS) is 11.1. The Hall–Kier alpha value is -1.93. The van der Waals surface area contributed by atoms with Gasteiger partial charge in [0.05, 0.1) is 18.8 Å². The first-order valence-electron chi connectivity index (χ1n) is 8.30. The lowest BCUT2D eigenvalue weighted by Crippen LogP contribution is -2.26. The van der Waals surface area contributed by atoms with Crippen LogP contribution in [0.1, 0.15) is 33.9 Å². The van der Waals surface area contributed by atoms with E-state index in [0.717, 1.165) is 27.5 Å². The molecule has 0 atom stereocenters. The van der Waals surface area contributed by atoms with E-state index >= 15 is 0 Å². The zero-order valence-corrected chi connectivity index (χ0v) is 16.3. The molecular formula is C17H26N4O3S. The van der Waals surface area contributed by atoms with E-state index < -0.39 is 0 Å². The maximum Gasteiger partial charge on any atom is 0.307 e. The summed E-state index contributed by atoms with van der Waals surface area (Å²) in [6, 6.07) is 0. The number of nitrogens with one attached hydrogen (secondary N) is 1. The van der Waals surface area contributed by atoms with Crippen LogP contribution in [0.4, 0.5) is 0 Å². The Labute approximate surface area is 151 Å². The molecule has 0 aliphatic rings. The fourth-order valence-corrected chi connectivity index (χ4v) is 3.58. The summed E-state index contributed by atoms with van der Waals surface area (Å²) in [6.45, 7) is 9.91. The Morgan fingerprint density at radius 1 is 1.20 bits per heavy atom. The summed E-state index contributed by atoms with van der Waals surface area (Å²) in [6.07, 6.45) is 0.285. The van der Waals surface area contributed by atoms with E-state index in [9.17, 15) is 9.59 Å². The van der Waals surface area contributed by atoms with Crippen LogP contribution in [0.25, 0.3) is 0 Å². The highest BCUT2D eigenvalue weighted by Crippen LogP contribution is 2.13. The summed E-state index contributed by atoms with van der Waals surface area (Å²) in [5.74, 6) is -0.0707. The van der Waals surface area contributed by atoms with Crippen LogP contribution in [-0.4, -0.2) is 34.0 Å². The lowest BCUT2D eigenvalue weighted by atomic mass is 10.2. The largest absolute Gasteiger partial charge is 0.383 e. The van der Waals surface area contributed by atoms with Crippen molar-refractivity contribution in [3.8, 4) is 0 Å². The second kappa shape index (κ2) is 8.44. The average molecular weight is 366 g/mol. The van der Waals surface area contributed by atoms with Crippen LogP contribution in [-0.2, 0) is 29.2 Å². The van der Waals surface area contributed by atoms with Gasteiger partial charge in [0.25, 0.3) is 0 Å². The minimum absolute atomic E-state index is 0.00564. The topological polar surface area (TPSA) is 78.2 Å². The summed E-state index contributed by atoms with van der Waals surface area (Å²) in [4.78, 5) is 25.0. The Morgan fingerprint density at radius 2 is 1.92 bits per heavy atom. The molecule has 0 fully saturated rings. The lowest BCUT2D eigenvalue weighted by Gasteiger charge is -2.08. The van der Waals surface area contributed by atoms with Crippen molar-refractivity contribution in [3.05, 3.63) is 37.2 Å². The number of carbonyl (C=O) groups excluding carboxylic acids is 1. The van der Waals surface area contributed by atoms with Gasteiger partial charge in [0.1, 0.15) is 0 Å². The molecule has 2 heterocycles. The van der Waals surface area contributed by atoms with E-state index in [-0.39, 0.29) is 17.2 Å². The highest BCUT2D eigenvalue weighted by atomic mass is 32.1. The number of hydrogen-bond acceptors (Lipinski definition) is 5. The maximum atomic E-state index is 12.2. The molecule has 0 aliphatic heterocycles. The molecule has 0 saturated heterocycles. The summed E-state index contributed by atoms with van der Waals surface area (Å²) in [5, 5.41) is 7.42. The van der Waals surface area contributed by atoms with Gasteiger partial charge >= 0.3 is 4.87 Å². The third-order valence-electron chi connectivity index (χ3n) is 4.44. The number of thiazole rings is 1. The smallest absolute Gasteiger partial charge is 0.307 e. The van der Waals surface area contributed by atoms with Crippen LogP contribution in [0.5, 0.6) is 0 Å². The average Bonchev–Trinajstić information content (AvgIpc) is 2.97. The van der Waals surface area contributed by atoms with Crippen molar-refractivity contribution in [2.24, 2.45) is 0 Å². The summed E-state index contributed by atoms with van der Waals surface area (Å²) in [5.41, 5.74) is 3.92. The molecule has 2 rings (SSSR count). The van der Waals surface area contributed by atoms with Gasteiger partial charge in [0, 0.05) is 48.4 Å². The van der Waals surface area contributed by atoms with Gasteiger partial charge in [-0.15, -0.1) is 0 Å². The molecule has 2 aromatic heterocycles. The zero-order valence-electron chi connectivity index (χ0n) is 15.5. The van der Waals surface area contributed by atoms with Gasteiger partial charge in [-0.25, -0.2) is 0 Å². The summed E-state index contributed by atoms with van der Waals surface area (Å²) >= 11 is 1.23. The molecule has 25 heavy (non-hydrogen) atoms. The second-order valence-electron chi connectivity index (χ2n) is 6.05. The van der Waals surface area contributed by atoms with E-state index in [0.29, 0.717) is 26.2 Å². The van der Waals surface area contributed by atoms with Crippen molar-refractivity contribution in [2.75, 3.05) is 13.7 Å². The van der Waals surface area contributed by atoms with Crippen LogP contribution in [0.15, 0.2) is 4.79 Å². The number of rotatable bonds is 8. The summed E-state index contributed by atoms with van der Waals surface area (Å²) in [7, 11) is 1.66. The van der Waals surface area contributed by atoms with Gasteiger partial charge in [-0.2, -0.15) is 5.10 Å². The fourth-order valence-electron chi connectivity index (χ4n) is 2.72. The van der Waals surface area contributed by atoms with Gasteiger partial charge in [-0.1, -0.05) is 11.3 Å². The van der Waals surface area contributed by atoms with Crippen LogP contribution < -0.4 is 10.2 Å². The molecule has 0 aromatic carbocycles.